The van der Waals surface area contributed by atoms with Gasteiger partial charge < -0.3 is 10.1 Å². The number of methoxy groups -OCH3 is 1. The first-order chi connectivity index (χ1) is 9.92. The fourth-order valence-electron chi connectivity index (χ4n) is 1.73. The molecule has 7 heteroatoms. The first-order valence-corrected chi connectivity index (χ1v) is 7.44. The number of hydrogen-bond donors (Lipinski definition) is 1. The molecule has 0 spiro atoms. The summed E-state index contributed by atoms with van der Waals surface area (Å²) in [6, 6.07) is 6.75. The van der Waals surface area contributed by atoms with E-state index in [0.717, 1.165) is 5.56 Å². The van der Waals surface area contributed by atoms with Crippen LogP contribution in [0.2, 0.25) is 10.3 Å². The van der Waals surface area contributed by atoms with Gasteiger partial charge in [-0.05, 0) is 52.7 Å². The Morgan fingerprint density at radius 3 is 2.67 bits per heavy atom. The van der Waals surface area contributed by atoms with Crippen molar-refractivity contribution in [3.05, 3.63) is 50.2 Å². The predicted molar refractivity (Wildman–Crippen MR) is 87.6 cm³/mol. The number of halogens is 3. The van der Waals surface area contributed by atoms with E-state index in [4.69, 9.17) is 27.9 Å². The highest BCUT2D eigenvalue weighted by Gasteiger charge is 2.15. The van der Waals surface area contributed by atoms with Crippen LogP contribution in [0, 0.1) is 6.92 Å². The van der Waals surface area contributed by atoms with E-state index in [2.05, 4.69) is 26.2 Å². The van der Waals surface area contributed by atoms with Crippen LogP contribution >= 0.6 is 39.1 Å². The number of pyridine rings is 1. The smallest absolute Gasteiger partial charge is 0.257 e. The standard InChI is InChI=1S/C14H11BrCl2N2O2/c1-7-5-11(16)18-13(17)12(7)19-14(20)9-6-8(21-2)3-4-10(9)15/h3-6H,1-2H3,(H,19,20). The molecule has 0 aliphatic carbocycles. The lowest BCUT2D eigenvalue weighted by Gasteiger charge is -2.12. The summed E-state index contributed by atoms with van der Waals surface area (Å²) in [5.74, 6) is 0.260. The zero-order valence-electron chi connectivity index (χ0n) is 11.2. The number of carbonyl (C=O) groups is 1. The first-order valence-electron chi connectivity index (χ1n) is 5.90. The molecule has 1 heterocycles. The van der Waals surface area contributed by atoms with E-state index in [1.54, 1.807) is 31.2 Å². The molecule has 110 valence electrons. The van der Waals surface area contributed by atoms with Crippen molar-refractivity contribution in [2.75, 3.05) is 12.4 Å². The van der Waals surface area contributed by atoms with Crippen molar-refractivity contribution in [2.45, 2.75) is 6.92 Å². The number of carbonyl (C=O) groups excluding carboxylic acids is 1. The summed E-state index contributed by atoms with van der Waals surface area (Å²) in [5.41, 5.74) is 1.59. The van der Waals surface area contributed by atoms with Crippen molar-refractivity contribution >= 4 is 50.7 Å². The van der Waals surface area contributed by atoms with E-state index >= 15 is 0 Å². The van der Waals surface area contributed by atoms with Gasteiger partial charge in [-0.2, -0.15) is 0 Å². The summed E-state index contributed by atoms with van der Waals surface area (Å²) in [6.45, 7) is 1.79. The third kappa shape index (κ3) is 3.67. The monoisotopic (exact) mass is 388 g/mol. The Morgan fingerprint density at radius 2 is 2.05 bits per heavy atom. The van der Waals surface area contributed by atoms with Crippen molar-refractivity contribution in [3.63, 3.8) is 0 Å². The molecule has 0 atom stereocenters. The SMILES string of the molecule is COc1ccc(Br)c(C(=O)Nc2c(C)cc(Cl)nc2Cl)c1. The number of ether oxygens (including phenoxy) is 1. The zero-order valence-corrected chi connectivity index (χ0v) is 14.3. The third-order valence-electron chi connectivity index (χ3n) is 2.80. The van der Waals surface area contributed by atoms with Gasteiger partial charge in [0.25, 0.3) is 5.91 Å². The quantitative estimate of drug-likeness (QED) is 0.772. The molecule has 0 radical (unpaired) electrons. The Balaban J connectivity index is 2.35. The van der Waals surface area contributed by atoms with E-state index < -0.39 is 0 Å². The number of hydrogen-bond acceptors (Lipinski definition) is 3. The summed E-state index contributed by atoms with van der Waals surface area (Å²) in [5, 5.41) is 3.16. The normalized spacial score (nSPS) is 10.3. The first kappa shape index (κ1) is 16.1. The Hall–Kier alpha value is -1.30. The number of nitrogens with one attached hydrogen (secondary N) is 1. The summed E-state index contributed by atoms with van der Waals surface area (Å²) in [6.07, 6.45) is 0. The lowest BCUT2D eigenvalue weighted by Crippen LogP contribution is -2.14. The van der Waals surface area contributed by atoms with Crippen molar-refractivity contribution in [2.24, 2.45) is 0 Å². The van der Waals surface area contributed by atoms with Crippen LogP contribution in [-0.2, 0) is 0 Å². The van der Waals surface area contributed by atoms with Gasteiger partial charge >= 0.3 is 0 Å². The van der Waals surface area contributed by atoms with Gasteiger partial charge in [-0.1, -0.05) is 23.2 Å². The topological polar surface area (TPSA) is 51.2 Å². The molecular formula is C14H11BrCl2N2O2. The zero-order chi connectivity index (χ0) is 15.6. The van der Waals surface area contributed by atoms with Crippen molar-refractivity contribution in [1.29, 1.82) is 0 Å². The van der Waals surface area contributed by atoms with E-state index in [1.165, 1.54) is 7.11 Å². The lowest BCUT2D eigenvalue weighted by molar-refractivity contribution is 0.102. The third-order valence-corrected chi connectivity index (χ3v) is 3.96. The van der Waals surface area contributed by atoms with Gasteiger partial charge in [-0.25, -0.2) is 4.98 Å². The molecule has 4 nitrogen and oxygen atoms in total. The molecule has 1 aromatic carbocycles. The molecule has 1 amide bonds. The maximum Gasteiger partial charge on any atom is 0.257 e. The van der Waals surface area contributed by atoms with Crippen molar-refractivity contribution in [1.82, 2.24) is 4.98 Å². The molecule has 21 heavy (non-hydrogen) atoms. The largest absolute Gasteiger partial charge is 0.497 e. The van der Waals surface area contributed by atoms with Gasteiger partial charge in [0.2, 0.25) is 0 Å². The molecule has 0 unspecified atom stereocenters. The number of rotatable bonds is 3. The second-order valence-electron chi connectivity index (χ2n) is 4.23. The van der Waals surface area contributed by atoms with E-state index in [0.29, 0.717) is 21.5 Å². The van der Waals surface area contributed by atoms with Gasteiger partial charge in [0.15, 0.2) is 5.15 Å². The van der Waals surface area contributed by atoms with Crippen LogP contribution < -0.4 is 10.1 Å². The molecule has 1 aromatic heterocycles. The highest BCUT2D eigenvalue weighted by Crippen LogP contribution is 2.28. The average Bonchev–Trinajstić information content (AvgIpc) is 2.43. The summed E-state index contributed by atoms with van der Waals surface area (Å²) >= 11 is 15.2. The fraction of sp³-hybridized carbons (Fsp3) is 0.143. The minimum absolute atomic E-state index is 0.146. The molecule has 1 N–H and O–H groups in total. The summed E-state index contributed by atoms with van der Waals surface area (Å²) in [7, 11) is 1.54. The molecular weight excluding hydrogens is 379 g/mol. The molecule has 0 aliphatic rings. The molecule has 0 fully saturated rings. The predicted octanol–water partition coefficient (Wildman–Crippen LogP) is 4.72. The van der Waals surface area contributed by atoms with Crippen molar-refractivity contribution in [3.8, 4) is 5.75 Å². The minimum atomic E-state index is -0.324. The van der Waals surface area contributed by atoms with Gasteiger partial charge in [-0.3, -0.25) is 4.79 Å². The Labute approximate surface area is 140 Å². The summed E-state index contributed by atoms with van der Waals surface area (Å²) < 4.78 is 5.77. The van der Waals surface area contributed by atoms with Gasteiger partial charge in [0.05, 0.1) is 18.4 Å². The minimum Gasteiger partial charge on any atom is -0.497 e. The van der Waals surface area contributed by atoms with Crippen LogP contribution in [0.15, 0.2) is 28.7 Å². The van der Waals surface area contributed by atoms with E-state index in [-0.39, 0.29) is 16.2 Å². The number of nitrogens with zero attached hydrogens (tertiary/aromatic N) is 1. The maximum absolute atomic E-state index is 12.4. The van der Waals surface area contributed by atoms with Gasteiger partial charge in [-0.15, -0.1) is 0 Å². The second kappa shape index (κ2) is 6.64. The van der Waals surface area contributed by atoms with Crippen LogP contribution in [-0.4, -0.2) is 18.0 Å². The number of anilines is 1. The highest BCUT2D eigenvalue weighted by molar-refractivity contribution is 9.10. The average molecular weight is 390 g/mol. The van der Waals surface area contributed by atoms with Crippen LogP contribution in [0.25, 0.3) is 0 Å². The van der Waals surface area contributed by atoms with E-state index in [1.807, 2.05) is 0 Å². The molecule has 2 rings (SSSR count). The van der Waals surface area contributed by atoms with Crippen LogP contribution in [0.4, 0.5) is 5.69 Å². The summed E-state index contributed by atoms with van der Waals surface area (Å²) in [4.78, 5) is 16.3. The van der Waals surface area contributed by atoms with Crippen LogP contribution in [0.3, 0.4) is 0 Å². The lowest BCUT2D eigenvalue weighted by atomic mass is 10.2. The molecule has 0 saturated carbocycles. The molecule has 0 saturated heterocycles. The van der Waals surface area contributed by atoms with Crippen LogP contribution in [0.1, 0.15) is 15.9 Å². The number of benzene rings is 1. The molecule has 2 aromatic rings. The molecule has 0 bridgehead atoms. The maximum atomic E-state index is 12.4. The van der Waals surface area contributed by atoms with Gasteiger partial charge in [0, 0.05) is 4.47 Å². The highest BCUT2D eigenvalue weighted by atomic mass is 79.9. The van der Waals surface area contributed by atoms with Gasteiger partial charge in [0.1, 0.15) is 10.9 Å². The van der Waals surface area contributed by atoms with Crippen LogP contribution in [0.5, 0.6) is 5.75 Å². The Kier molecular flexibility index (Phi) is 5.08. The molecule has 0 aliphatic heterocycles. The Bertz CT molecular complexity index is 684. The number of aromatic nitrogens is 1. The number of aryl methyl sites for hydroxylation is 1. The fourth-order valence-corrected chi connectivity index (χ4v) is 2.74. The number of amides is 1. The second-order valence-corrected chi connectivity index (χ2v) is 5.83. The van der Waals surface area contributed by atoms with Crippen molar-refractivity contribution < 1.29 is 9.53 Å². The Morgan fingerprint density at radius 1 is 1.33 bits per heavy atom. The van der Waals surface area contributed by atoms with E-state index in [9.17, 15) is 4.79 Å².